The maximum Gasteiger partial charge on any atom is 0.133 e. The first-order valence-electron chi connectivity index (χ1n) is 3.56. The first-order valence-corrected chi connectivity index (χ1v) is 3.56. The fraction of sp³-hybridized carbons (Fsp3) is 0. The smallest absolute Gasteiger partial charge is 0.133 e. The van der Waals surface area contributed by atoms with Crippen molar-refractivity contribution in [3.63, 3.8) is 0 Å². The molecule has 54 valence electrons. The van der Waals surface area contributed by atoms with Crippen LogP contribution in [0.1, 0.15) is 5.56 Å². The molecule has 1 heteroatoms. The number of benzene rings is 1. The van der Waals surface area contributed by atoms with Crippen molar-refractivity contribution in [3.8, 4) is 5.75 Å². The molecule has 0 unspecified atom stereocenters. The summed E-state index contributed by atoms with van der Waals surface area (Å²) < 4.78 is 5.31. The minimum Gasteiger partial charge on any atom is -0.464 e. The predicted octanol–water partition coefficient (Wildman–Crippen LogP) is 2.61. The van der Waals surface area contributed by atoms with E-state index in [2.05, 4.69) is 0 Å². The van der Waals surface area contributed by atoms with Gasteiger partial charge in [-0.1, -0.05) is 30.4 Å². The number of ether oxygens (including phenoxy) is 1. The van der Waals surface area contributed by atoms with Crippen LogP contribution in [0.5, 0.6) is 5.75 Å². The topological polar surface area (TPSA) is 9.23 Å². The summed E-state index contributed by atoms with van der Waals surface area (Å²) in [6, 6.07) is 7.94. The van der Waals surface area contributed by atoms with Gasteiger partial charge in [0.05, 0.1) is 6.26 Å². The van der Waals surface area contributed by atoms with E-state index in [-0.39, 0.29) is 0 Å². The van der Waals surface area contributed by atoms with Crippen LogP contribution < -0.4 is 4.74 Å². The number of fused-ring (bicyclic) bond motifs is 1. The van der Waals surface area contributed by atoms with Crippen LogP contribution in [0.4, 0.5) is 0 Å². The molecule has 0 atom stereocenters. The molecule has 1 nitrogen and oxygen atoms in total. The van der Waals surface area contributed by atoms with Crippen molar-refractivity contribution >= 4 is 6.08 Å². The Morgan fingerprint density at radius 2 is 1.91 bits per heavy atom. The van der Waals surface area contributed by atoms with Crippen molar-refractivity contribution in [1.29, 1.82) is 0 Å². The maximum atomic E-state index is 5.31. The zero-order chi connectivity index (χ0) is 7.52. The van der Waals surface area contributed by atoms with Crippen molar-refractivity contribution in [3.05, 3.63) is 48.2 Å². The Bertz CT molecular complexity index is 310. The summed E-state index contributed by atoms with van der Waals surface area (Å²) in [6.07, 6.45) is 7.55. The SMILES string of the molecule is C1=COc2ccccc2C=C1. The highest BCUT2D eigenvalue weighted by molar-refractivity contribution is 5.59. The molecule has 0 aromatic heterocycles. The maximum absolute atomic E-state index is 5.31. The standard InChI is InChI=1S/C10H8O/c1-2-7-10-9(5-1)6-3-4-8-11-10/h1-8H. The van der Waals surface area contributed by atoms with Crippen molar-refractivity contribution in [2.45, 2.75) is 0 Å². The Balaban J connectivity index is 2.52. The molecular formula is C10H8O. The molecule has 0 fully saturated rings. The Hall–Kier alpha value is -1.50. The van der Waals surface area contributed by atoms with Gasteiger partial charge in [-0.25, -0.2) is 0 Å². The summed E-state index contributed by atoms with van der Waals surface area (Å²) >= 11 is 0. The summed E-state index contributed by atoms with van der Waals surface area (Å²) in [6.45, 7) is 0. The van der Waals surface area contributed by atoms with Crippen LogP contribution in [-0.2, 0) is 0 Å². The minimum atomic E-state index is 0.914. The van der Waals surface area contributed by atoms with Gasteiger partial charge < -0.3 is 4.74 Å². The van der Waals surface area contributed by atoms with Gasteiger partial charge in [-0.3, -0.25) is 0 Å². The first kappa shape index (κ1) is 6.23. The van der Waals surface area contributed by atoms with Gasteiger partial charge in [0.1, 0.15) is 5.75 Å². The van der Waals surface area contributed by atoms with Crippen LogP contribution in [0.3, 0.4) is 0 Å². The Morgan fingerprint density at radius 1 is 1.00 bits per heavy atom. The fourth-order valence-electron chi connectivity index (χ4n) is 1.04. The molecule has 0 spiro atoms. The quantitative estimate of drug-likeness (QED) is 0.543. The van der Waals surface area contributed by atoms with Crippen LogP contribution in [0.15, 0.2) is 42.7 Å². The second kappa shape index (κ2) is 2.62. The van der Waals surface area contributed by atoms with Gasteiger partial charge >= 0.3 is 0 Å². The number of hydrogen-bond donors (Lipinski definition) is 0. The number of hydrogen-bond acceptors (Lipinski definition) is 1. The normalized spacial score (nSPS) is 13.5. The highest BCUT2D eigenvalue weighted by Gasteiger charge is 1.97. The van der Waals surface area contributed by atoms with Crippen LogP contribution in [-0.4, -0.2) is 0 Å². The van der Waals surface area contributed by atoms with Gasteiger partial charge in [-0.15, -0.1) is 0 Å². The summed E-state index contributed by atoms with van der Waals surface area (Å²) in [5, 5.41) is 0. The van der Waals surface area contributed by atoms with Gasteiger partial charge in [0, 0.05) is 5.56 Å². The lowest BCUT2D eigenvalue weighted by atomic mass is 10.2. The second-order valence-corrected chi connectivity index (χ2v) is 2.34. The summed E-state index contributed by atoms with van der Waals surface area (Å²) in [7, 11) is 0. The predicted molar refractivity (Wildman–Crippen MR) is 45.2 cm³/mol. The molecule has 1 aromatic rings. The molecule has 11 heavy (non-hydrogen) atoms. The van der Waals surface area contributed by atoms with Crippen molar-refractivity contribution in [2.24, 2.45) is 0 Å². The van der Waals surface area contributed by atoms with E-state index in [0.29, 0.717) is 0 Å². The zero-order valence-electron chi connectivity index (χ0n) is 6.03. The molecular weight excluding hydrogens is 136 g/mol. The fourth-order valence-corrected chi connectivity index (χ4v) is 1.04. The van der Waals surface area contributed by atoms with E-state index in [4.69, 9.17) is 4.74 Å². The van der Waals surface area contributed by atoms with Crippen molar-refractivity contribution in [2.75, 3.05) is 0 Å². The third-order valence-electron chi connectivity index (χ3n) is 1.58. The van der Waals surface area contributed by atoms with Crippen LogP contribution >= 0.6 is 0 Å². The Morgan fingerprint density at radius 3 is 2.91 bits per heavy atom. The van der Waals surface area contributed by atoms with Gasteiger partial charge in [-0.05, 0) is 12.1 Å². The molecule has 0 bridgehead atoms. The second-order valence-electron chi connectivity index (χ2n) is 2.34. The van der Waals surface area contributed by atoms with Gasteiger partial charge in [0.25, 0.3) is 0 Å². The Labute approximate surface area is 65.6 Å². The molecule has 0 radical (unpaired) electrons. The van der Waals surface area contributed by atoms with Gasteiger partial charge in [0.15, 0.2) is 0 Å². The lowest BCUT2D eigenvalue weighted by molar-refractivity contribution is 0.481. The van der Waals surface area contributed by atoms with Crippen LogP contribution in [0, 0.1) is 0 Å². The molecule has 0 amide bonds. The average Bonchev–Trinajstić information content (AvgIpc) is 2.28. The first-order chi connectivity index (χ1) is 5.47. The molecule has 1 aliphatic rings. The third-order valence-corrected chi connectivity index (χ3v) is 1.58. The average molecular weight is 144 g/mol. The van der Waals surface area contributed by atoms with E-state index in [9.17, 15) is 0 Å². The van der Waals surface area contributed by atoms with Crippen LogP contribution in [0.2, 0.25) is 0 Å². The molecule has 1 aromatic carbocycles. The van der Waals surface area contributed by atoms with E-state index >= 15 is 0 Å². The number of allylic oxidation sites excluding steroid dienone is 2. The third kappa shape index (κ3) is 1.17. The van der Waals surface area contributed by atoms with E-state index in [0.717, 1.165) is 11.3 Å². The van der Waals surface area contributed by atoms with E-state index in [1.807, 2.05) is 42.5 Å². The number of para-hydroxylation sites is 1. The monoisotopic (exact) mass is 144 g/mol. The molecule has 0 saturated carbocycles. The molecule has 1 heterocycles. The van der Waals surface area contributed by atoms with Crippen LogP contribution in [0.25, 0.3) is 6.08 Å². The molecule has 2 rings (SSSR count). The van der Waals surface area contributed by atoms with E-state index in [1.54, 1.807) is 6.26 Å². The molecule has 1 aliphatic heterocycles. The van der Waals surface area contributed by atoms with Gasteiger partial charge in [-0.2, -0.15) is 0 Å². The molecule has 0 N–H and O–H groups in total. The van der Waals surface area contributed by atoms with Gasteiger partial charge in [0.2, 0.25) is 0 Å². The molecule has 0 saturated heterocycles. The van der Waals surface area contributed by atoms with E-state index < -0.39 is 0 Å². The summed E-state index contributed by atoms with van der Waals surface area (Å²) in [5.74, 6) is 0.914. The number of rotatable bonds is 0. The highest BCUT2D eigenvalue weighted by Crippen LogP contribution is 2.21. The largest absolute Gasteiger partial charge is 0.464 e. The lowest BCUT2D eigenvalue weighted by Gasteiger charge is -2.00. The Kier molecular flexibility index (Phi) is 1.48. The summed E-state index contributed by atoms with van der Waals surface area (Å²) in [4.78, 5) is 0. The lowest BCUT2D eigenvalue weighted by Crippen LogP contribution is -1.82. The minimum absolute atomic E-state index is 0.914. The summed E-state index contributed by atoms with van der Waals surface area (Å²) in [5.41, 5.74) is 1.12. The van der Waals surface area contributed by atoms with E-state index in [1.165, 1.54) is 0 Å². The highest BCUT2D eigenvalue weighted by atomic mass is 16.5. The molecule has 0 aliphatic carbocycles. The zero-order valence-corrected chi connectivity index (χ0v) is 6.03. The van der Waals surface area contributed by atoms with Crippen molar-refractivity contribution < 1.29 is 4.74 Å². The van der Waals surface area contributed by atoms with Crippen molar-refractivity contribution in [1.82, 2.24) is 0 Å².